The van der Waals surface area contributed by atoms with Crippen molar-refractivity contribution in [2.45, 2.75) is 6.54 Å². The second kappa shape index (κ2) is 3.42. The summed E-state index contributed by atoms with van der Waals surface area (Å²) < 4.78 is 1.98. The van der Waals surface area contributed by atoms with Gasteiger partial charge in [0.1, 0.15) is 10.9 Å². The molecule has 2 rings (SSSR count). The number of rotatable bonds is 2. The maximum atomic E-state index is 8.62. The highest BCUT2D eigenvalue weighted by Crippen LogP contribution is 2.16. The van der Waals surface area contributed by atoms with Crippen molar-refractivity contribution in [3.63, 3.8) is 0 Å². The first-order valence-corrected chi connectivity index (χ1v) is 4.64. The number of nitriles is 1. The van der Waals surface area contributed by atoms with Gasteiger partial charge in [0, 0.05) is 17.3 Å². The molecule has 2 heterocycles. The molecule has 2 aromatic rings. The predicted octanol–water partition coefficient (Wildman–Crippen LogP) is 1.86. The van der Waals surface area contributed by atoms with Crippen molar-refractivity contribution >= 4 is 11.3 Å². The molecule has 64 valence electrons. The minimum absolute atomic E-state index is 0.759. The van der Waals surface area contributed by atoms with Crippen LogP contribution >= 0.6 is 11.3 Å². The number of hydrogen-bond acceptors (Lipinski definition) is 3. The quantitative estimate of drug-likeness (QED) is 0.723. The molecule has 0 fully saturated rings. The first-order valence-electron chi connectivity index (χ1n) is 3.83. The van der Waals surface area contributed by atoms with E-state index in [1.54, 1.807) is 12.5 Å². The maximum absolute atomic E-state index is 8.62. The fourth-order valence-corrected chi connectivity index (χ4v) is 1.90. The van der Waals surface area contributed by atoms with Gasteiger partial charge in [0.05, 0.1) is 12.9 Å². The summed E-state index contributed by atoms with van der Waals surface area (Å²) in [5, 5.41) is 8.62. The molecule has 0 amide bonds. The van der Waals surface area contributed by atoms with Crippen LogP contribution in [0.5, 0.6) is 0 Å². The third-order valence-corrected chi connectivity index (χ3v) is 2.64. The van der Waals surface area contributed by atoms with Crippen LogP contribution in [0.1, 0.15) is 9.75 Å². The molecule has 0 radical (unpaired) electrons. The van der Waals surface area contributed by atoms with E-state index in [1.807, 2.05) is 22.9 Å². The van der Waals surface area contributed by atoms with Crippen LogP contribution in [0.3, 0.4) is 0 Å². The van der Waals surface area contributed by atoms with Crippen LogP contribution in [0.2, 0.25) is 0 Å². The highest BCUT2D eigenvalue weighted by Gasteiger charge is 1.99. The number of nitrogens with zero attached hydrogens (tertiary/aromatic N) is 3. The van der Waals surface area contributed by atoms with Crippen molar-refractivity contribution in [3.8, 4) is 6.07 Å². The molecular weight excluding hydrogens is 182 g/mol. The molecule has 0 N–H and O–H groups in total. The first kappa shape index (κ1) is 8.02. The van der Waals surface area contributed by atoms with Gasteiger partial charge in [-0.15, -0.1) is 11.3 Å². The summed E-state index contributed by atoms with van der Waals surface area (Å²) in [4.78, 5) is 5.88. The van der Waals surface area contributed by atoms with Gasteiger partial charge in [0.15, 0.2) is 0 Å². The van der Waals surface area contributed by atoms with Gasteiger partial charge in [-0.2, -0.15) is 5.26 Å². The second-order valence-corrected chi connectivity index (χ2v) is 3.78. The minimum atomic E-state index is 0.759. The molecule has 0 spiro atoms. The largest absolute Gasteiger partial charge is 0.332 e. The monoisotopic (exact) mass is 189 g/mol. The molecular formula is C9H7N3S. The molecule has 0 aliphatic carbocycles. The van der Waals surface area contributed by atoms with Crippen molar-refractivity contribution in [1.82, 2.24) is 9.55 Å². The normalized spacial score (nSPS) is 9.77. The Morgan fingerprint density at radius 1 is 1.54 bits per heavy atom. The summed E-state index contributed by atoms with van der Waals surface area (Å²) in [7, 11) is 0. The van der Waals surface area contributed by atoms with Gasteiger partial charge in [-0.25, -0.2) is 4.98 Å². The van der Waals surface area contributed by atoms with E-state index in [9.17, 15) is 0 Å². The van der Waals surface area contributed by atoms with E-state index in [4.69, 9.17) is 5.26 Å². The highest BCUT2D eigenvalue weighted by atomic mass is 32.1. The van der Waals surface area contributed by atoms with Crippen LogP contribution in [0, 0.1) is 11.3 Å². The van der Waals surface area contributed by atoms with Crippen molar-refractivity contribution in [2.24, 2.45) is 0 Å². The minimum Gasteiger partial charge on any atom is -0.332 e. The van der Waals surface area contributed by atoms with Crippen LogP contribution in [0.25, 0.3) is 0 Å². The van der Waals surface area contributed by atoms with Gasteiger partial charge in [-0.05, 0) is 12.1 Å². The summed E-state index contributed by atoms with van der Waals surface area (Å²) in [6.07, 6.45) is 5.43. The molecule has 3 nitrogen and oxygen atoms in total. The number of aromatic nitrogens is 2. The molecule has 4 heteroatoms. The Morgan fingerprint density at radius 3 is 3.08 bits per heavy atom. The van der Waals surface area contributed by atoms with Crippen molar-refractivity contribution in [2.75, 3.05) is 0 Å². The van der Waals surface area contributed by atoms with E-state index in [0.717, 1.165) is 11.4 Å². The zero-order valence-electron chi connectivity index (χ0n) is 6.84. The zero-order chi connectivity index (χ0) is 9.10. The van der Waals surface area contributed by atoms with Crippen molar-refractivity contribution in [3.05, 3.63) is 40.6 Å². The summed E-state index contributed by atoms with van der Waals surface area (Å²) in [6.45, 7) is 0.798. The Bertz CT molecular complexity index is 422. The van der Waals surface area contributed by atoms with E-state index < -0.39 is 0 Å². The summed E-state index contributed by atoms with van der Waals surface area (Å²) in [6, 6.07) is 5.94. The fourth-order valence-electron chi connectivity index (χ4n) is 1.08. The molecule has 0 aliphatic heterocycles. The molecule has 0 saturated carbocycles. The molecule has 0 aliphatic rings. The topological polar surface area (TPSA) is 41.6 Å². The van der Waals surface area contributed by atoms with Crippen LogP contribution in [-0.2, 0) is 6.54 Å². The van der Waals surface area contributed by atoms with Gasteiger partial charge in [-0.3, -0.25) is 0 Å². The molecule has 2 aromatic heterocycles. The van der Waals surface area contributed by atoms with E-state index >= 15 is 0 Å². The fraction of sp³-hybridized carbons (Fsp3) is 0.111. The Morgan fingerprint density at radius 2 is 2.46 bits per heavy atom. The number of hydrogen-bond donors (Lipinski definition) is 0. The Kier molecular flexibility index (Phi) is 2.11. The SMILES string of the molecule is N#Cc1ccc(Cn2ccnc2)s1. The standard InChI is InChI=1S/C9H7N3S/c10-5-8-1-2-9(13-8)6-12-4-3-11-7-12/h1-4,7H,6H2. The van der Waals surface area contributed by atoms with Gasteiger partial charge in [0.2, 0.25) is 0 Å². The number of imidazole rings is 1. The predicted molar refractivity (Wildman–Crippen MR) is 50.4 cm³/mol. The number of thiophene rings is 1. The third kappa shape index (κ3) is 1.76. The Balaban J connectivity index is 2.15. The van der Waals surface area contributed by atoms with E-state index in [1.165, 1.54) is 16.2 Å². The highest BCUT2D eigenvalue weighted by molar-refractivity contribution is 7.12. The van der Waals surface area contributed by atoms with Gasteiger partial charge < -0.3 is 4.57 Å². The molecule has 0 unspecified atom stereocenters. The molecule has 0 saturated heterocycles. The Hall–Kier alpha value is -1.60. The van der Waals surface area contributed by atoms with Crippen LogP contribution < -0.4 is 0 Å². The Labute approximate surface area is 79.9 Å². The van der Waals surface area contributed by atoms with Crippen molar-refractivity contribution in [1.29, 1.82) is 5.26 Å². The smallest absolute Gasteiger partial charge is 0.110 e. The van der Waals surface area contributed by atoms with Crippen LogP contribution in [0.4, 0.5) is 0 Å². The van der Waals surface area contributed by atoms with Gasteiger partial charge >= 0.3 is 0 Å². The summed E-state index contributed by atoms with van der Waals surface area (Å²) >= 11 is 1.52. The zero-order valence-corrected chi connectivity index (χ0v) is 7.66. The lowest BCUT2D eigenvalue weighted by Gasteiger charge is -1.96. The summed E-state index contributed by atoms with van der Waals surface area (Å²) in [5.41, 5.74) is 0. The van der Waals surface area contributed by atoms with E-state index in [-0.39, 0.29) is 0 Å². The van der Waals surface area contributed by atoms with Gasteiger partial charge in [-0.1, -0.05) is 0 Å². The summed E-state index contributed by atoms with van der Waals surface area (Å²) in [5.74, 6) is 0. The van der Waals surface area contributed by atoms with Gasteiger partial charge in [0.25, 0.3) is 0 Å². The molecule has 0 atom stereocenters. The third-order valence-electron chi connectivity index (χ3n) is 1.67. The average Bonchev–Trinajstić information content (AvgIpc) is 2.76. The van der Waals surface area contributed by atoms with E-state index in [0.29, 0.717) is 0 Å². The first-order chi connectivity index (χ1) is 6.38. The maximum Gasteiger partial charge on any atom is 0.110 e. The molecule has 13 heavy (non-hydrogen) atoms. The lowest BCUT2D eigenvalue weighted by molar-refractivity contribution is 0.810. The second-order valence-electron chi connectivity index (χ2n) is 2.61. The van der Waals surface area contributed by atoms with Crippen LogP contribution in [-0.4, -0.2) is 9.55 Å². The van der Waals surface area contributed by atoms with Crippen LogP contribution in [0.15, 0.2) is 30.9 Å². The lowest BCUT2D eigenvalue weighted by atomic mass is 10.4. The lowest BCUT2D eigenvalue weighted by Crippen LogP contribution is -1.92. The molecule has 0 aromatic carbocycles. The van der Waals surface area contributed by atoms with Crippen molar-refractivity contribution < 1.29 is 0 Å². The average molecular weight is 189 g/mol. The molecule has 0 bridgehead atoms. The van der Waals surface area contributed by atoms with E-state index in [2.05, 4.69) is 11.1 Å².